The van der Waals surface area contributed by atoms with Crippen molar-refractivity contribution in [3.05, 3.63) is 88.4 Å². The number of halogens is 1. The highest BCUT2D eigenvalue weighted by molar-refractivity contribution is 7.17. The van der Waals surface area contributed by atoms with Crippen molar-refractivity contribution in [2.24, 2.45) is 0 Å². The maximum absolute atomic E-state index is 13.2. The quantitative estimate of drug-likeness (QED) is 0.479. The Labute approximate surface area is 157 Å². The molecule has 0 aliphatic rings. The van der Waals surface area contributed by atoms with Gasteiger partial charge in [-0.2, -0.15) is 0 Å². The molecule has 5 nitrogen and oxygen atoms in total. The van der Waals surface area contributed by atoms with Gasteiger partial charge in [-0.25, -0.2) is 14.4 Å². The summed E-state index contributed by atoms with van der Waals surface area (Å²) in [7, 11) is 0. The second-order valence-electron chi connectivity index (χ2n) is 6.21. The number of thiophene rings is 1. The van der Waals surface area contributed by atoms with Crippen LogP contribution in [0.25, 0.3) is 27.0 Å². The van der Waals surface area contributed by atoms with E-state index in [9.17, 15) is 9.18 Å². The van der Waals surface area contributed by atoms with Gasteiger partial charge in [0.05, 0.1) is 24.0 Å². The number of hydrogen-bond acceptors (Lipinski definition) is 4. The van der Waals surface area contributed by atoms with Crippen molar-refractivity contribution in [3.63, 3.8) is 0 Å². The Morgan fingerprint density at radius 1 is 1.11 bits per heavy atom. The van der Waals surface area contributed by atoms with Gasteiger partial charge in [-0.15, -0.1) is 11.3 Å². The normalized spacial score (nSPS) is 11.4. The summed E-state index contributed by atoms with van der Waals surface area (Å²) in [4.78, 5) is 22.7. The summed E-state index contributed by atoms with van der Waals surface area (Å²) in [5.41, 5.74) is 3.06. The maximum Gasteiger partial charge on any atom is 0.263 e. The van der Waals surface area contributed by atoms with E-state index in [-0.39, 0.29) is 11.4 Å². The van der Waals surface area contributed by atoms with Crippen LogP contribution in [0.2, 0.25) is 0 Å². The summed E-state index contributed by atoms with van der Waals surface area (Å²) in [5.74, 6) is -0.305. The number of pyridine rings is 1. The molecule has 27 heavy (non-hydrogen) atoms. The van der Waals surface area contributed by atoms with Crippen LogP contribution < -0.4 is 5.56 Å². The first-order valence-corrected chi connectivity index (χ1v) is 9.22. The fourth-order valence-electron chi connectivity index (χ4n) is 3.16. The first-order valence-electron chi connectivity index (χ1n) is 8.34. The Morgan fingerprint density at radius 3 is 2.78 bits per heavy atom. The molecule has 0 saturated heterocycles. The smallest absolute Gasteiger partial charge is 0.263 e. The number of imidazole rings is 1. The van der Waals surface area contributed by atoms with Gasteiger partial charge in [-0.05, 0) is 29.8 Å². The minimum atomic E-state index is -0.305. The van der Waals surface area contributed by atoms with Crippen LogP contribution >= 0.6 is 11.3 Å². The van der Waals surface area contributed by atoms with Gasteiger partial charge in [0.2, 0.25) is 0 Å². The third-order valence-corrected chi connectivity index (χ3v) is 5.35. The highest BCUT2D eigenvalue weighted by Crippen LogP contribution is 2.30. The molecule has 0 unspecified atom stereocenters. The predicted octanol–water partition coefficient (Wildman–Crippen LogP) is 3.96. The molecule has 7 heteroatoms. The number of aromatic nitrogens is 4. The van der Waals surface area contributed by atoms with Crippen LogP contribution in [-0.2, 0) is 6.54 Å². The molecule has 0 aliphatic carbocycles. The Balaban J connectivity index is 1.61. The summed E-state index contributed by atoms with van der Waals surface area (Å²) in [6.45, 7) is 0.335. The van der Waals surface area contributed by atoms with Crippen molar-refractivity contribution >= 4 is 27.2 Å². The van der Waals surface area contributed by atoms with E-state index in [0.717, 1.165) is 22.5 Å². The average Bonchev–Trinajstić information content (AvgIpc) is 3.28. The molecule has 0 N–H and O–H groups in total. The molecule has 4 heterocycles. The minimum Gasteiger partial charge on any atom is -0.307 e. The number of rotatable bonds is 3. The molecule has 132 valence electrons. The second kappa shape index (κ2) is 6.14. The molecule has 0 spiro atoms. The van der Waals surface area contributed by atoms with Gasteiger partial charge in [0.15, 0.2) is 0 Å². The second-order valence-corrected chi connectivity index (χ2v) is 7.07. The van der Waals surface area contributed by atoms with Gasteiger partial charge >= 0.3 is 0 Å². The van der Waals surface area contributed by atoms with E-state index in [1.54, 1.807) is 23.0 Å². The van der Waals surface area contributed by atoms with Crippen molar-refractivity contribution in [1.82, 2.24) is 18.9 Å². The Kier molecular flexibility index (Phi) is 3.61. The number of hydrogen-bond donors (Lipinski definition) is 0. The van der Waals surface area contributed by atoms with Crippen molar-refractivity contribution in [3.8, 4) is 11.1 Å². The van der Waals surface area contributed by atoms with Crippen molar-refractivity contribution in [1.29, 1.82) is 0 Å². The molecular weight excluding hydrogens is 363 g/mol. The molecule has 0 radical (unpaired) electrons. The highest BCUT2D eigenvalue weighted by atomic mass is 32.1. The molecule has 0 fully saturated rings. The first-order chi connectivity index (χ1) is 13.2. The Morgan fingerprint density at radius 2 is 1.96 bits per heavy atom. The fourth-order valence-corrected chi connectivity index (χ4v) is 4.07. The molecule has 0 amide bonds. The number of fused-ring (bicyclic) bond motifs is 2. The van der Waals surface area contributed by atoms with E-state index >= 15 is 0 Å². The summed E-state index contributed by atoms with van der Waals surface area (Å²) < 4.78 is 16.7. The van der Waals surface area contributed by atoms with Gasteiger partial charge < -0.3 is 4.40 Å². The van der Waals surface area contributed by atoms with E-state index in [2.05, 4.69) is 9.97 Å². The van der Waals surface area contributed by atoms with Gasteiger partial charge in [-0.1, -0.05) is 18.2 Å². The van der Waals surface area contributed by atoms with Crippen LogP contribution in [0.1, 0.15) is 5.69 Å². The summed E-state index contributed by atoms with van der Waals surface area (Å²) in [5, 5.41) is 2.44. The lowest BCUT2D eigenvalue weighted by atomic mass is 10.1. The van der Waals surface area contributed by atoms with E-state index in [4.69, 9.17) is 0 Å². The molecule has 0 atom stereocenters. The number of benzene rings is 1. The lowest BCUT2D eigenvalue weighted by Crippen LogP contribution is -2.21. The van der Waals surface area contributed by atoms with E-state index in [1.807, 2.05) is 40.4 Å². The summed E-state index contributed by atoms with van der Waals surface area (Å²) >= 11 is 1.41. The third-order valence-electron chi connectivity index (χ3n) is 4.46. The largest absolute Gasteiger partial charge is 0.307 e. The zero-order valence-electron chi connectivity index (χ0n) is 14.0. The molecule has 5 aromatic rings. The van der Waals surface area contributed by atoms with E-state index in [1.165, 1.54) is 23.5 Å². The molecule has 5 rings (SSSR count). The monoisotopic (exact) mass is 376 g/mol. The standard InChI is InChI=1S/C20H13FN4OS/c21-14-6-4-13(5-7-14)16-11-27-19-18(16)20(26)25(12-22-19)10-15-9-24-8-2-1-3-17(24)23-15/h1-9,11-12H,10H2. The molecule has 1 aromatic carbocycles. The third kappa shape index (κ3) is 2.72. The molecule has 0 aliphatic heterocycles. The highest BCUT2D eigenvalue weighted by Gasteiger charge is 2.14. The number of nitrogens with zero attached hydrogens (tertiary/aromatic N) is 4. The lowest BCUT2D eigenvalue weighted by Gasteiger charge is -2.04. The lowest BCUT2D eigenvalue weighted by molar-refractivity contribution is 0.628. The molecular formula is C20H13FN4OS. The molecule has 0 saturated carbocycles. The summed E-state index contributed by atoms with van der Waals surface area (Å²) in [6.07, 6.45) is 5.38. The van der Waals surface area contributed by atoms with Gasteiger partial charge in [0.1, 0.15) is 16.3 Å². The zero-order chi connectivity index (χ0) is 18.4. The topological polar surface area (TPSA) is 52.2 Å². The van der Waals surface area contributed by atoms with Crippen LogP contribution in [0.15, 0.2) is 71.4 Å². The van der Waals surface area contributed by atoms with Gasteiger partial charge in [0, 0.05) is 23.3 Å². The SMILES string of the molecule is O=c1c2c(-c3ccc(F)cc3)csc2ncn1Cc1cn2ccccc2n1. The minimum absolute atomic E-state index is 0.127. The van der Waals surface area contributed by atoms with Crippen LogP contribution in [0.3, 0.4) is 0 Å². The Bertz CT molecular complexity index is 1300. The predicted molar refractivity (Wildman–Crippen MR) is 104 cm³/mol. The van der Waals surface area contributed by atoms with Crippen molar-refractivity contribution in [2.45, 2.75) is 6.54 Å². The van der Waals surface area contributed by atoms with Gasteiger partial charge in [0.25, 0.3) is 5.56 Å². The van der Waals surface area contributed by atoms with E-state index < -0.39 is 0 Å². The van der Waals surface area contributed by atoms with Crippen molar-refractivity contribution < 1.29 is 4.39 Å². The van der Waals surface area contributed by atoms with E-state index in [0.29, 0.717) is 16.8 Å². The van der Waals surface area contributed by atoms with Crippen LogP contribution in [0.5, 0.6) is 0 Å². The van der Waals surface area contributed by atoms with Crippen LogP contribution in [-0.4, -0.2) is 18.9 Å². The Hall–Kier alpha value is -3.32. The first kappa shape index (κ1) is 15.9. The van der Waals surface area contributed by atoms with Gasteiger partial charge in [-0.3, -0.25) is 9.36 Å². The maximum atomic E-state index is 13.2. The zero-order valence-corrected chi connectivity index (χ0v) is 14.9. The molecule has 0 bridgehead atoms. The van der Waals surface area contributed by atoms with Crippen LogP contribution in [0, 0.1) is 5.82 Å². The molecule has 4 aromatic heterocycles. The van der Waals surface area contributed by atoms with Crippen molar-refractivity contribution in [2.75, 3.05) is 0 Å². The fraction of sp³-hybridized carbons (Fsp3) is 0.0500. The summed E-state index contributed by atoms with van der Waals surface area (Å²) in [6, 6.07) is 11.9. The average molecular weight is 376 g/mol. The van der Waals surface area contributed by atoms with Crippen LogP contribution in [0.4, 0.5) is 4.39 Å².